The number of ether oxygens (including phenoxy) is 1. The van der Waals surface area contributed by atoms with Crippen molar-refractivity contribution in [3.63, 3.8) is 0 Å². The van der Waals surface area contributed by atoms with Gasteiger partial charge in [0.2, 0.25) is 0 Å². The molecular formula is C15H20O3. The fourth-order valence-corrected chi connectivity index (χ4v) is 4.45. The van der Waals surface area contributed by atoms with Crippen LogP contribution in [0.4, 0.5) is 0 Å². The lowest BCUT2D eigenvalue weighted by atomic mass is 9.48. The van der Waals surface area contributed by atoms with Crippen LogP contribution in [-0.4, -0.2) is 17.9 Å². The Morgan fingerprint density at radius 2 is 2.11 bits per heavy atom. The van der Waals surface area contributed by atoms with E-state index in [0.717, 1.165) is 25.7 Å². The van der Waals surface area contributed by atoms with Gasteiger partial charge in [-0.1, -0.05) is 13.5 Å². The van der Waals surface area contributed by atoms with Gasteiger partial charge in [-0.3, -0.25) is 4.79 Å². The zero-order chi connectivity index (χ0) is 13.1. The third-order valence-electron chi connectivity index (χ3n) is 5.06. The van der Waals surface area contributed by atoms with Crippen molar-refractivity contribution in [1.29, 1.82) is 0 Å². The molecule has 4 aliphatic carbocycles. The summed E-state index contributed by atoms with van der Waals surface area (Å²) in [7, 11) is 0. The van der Waals surface area contributed by atoms with Crippen LogP contribution in [0.2, 0.25) is 0 Å². The average molecular weight is 248 g/mol. The molecule has 4 fully saturated rings. The lowest BCUT2D eigenvalue weighted by Crippen LogP contribution is -2.59. The molecule has 0 aromatic heterocycles. The first-order chi connectivity index (χ1) is 8.40. The van der Waals surface area contributed by atoms with Crippen molar-refractivity contribution >= 4 is 11.8 Å². The normalized spacial score (nSPS) is 45.1. The third-order valence-corrected chi connectivity index (χ3v) is 5.06. The highest BCUT2D eigenvalue weighted by Gasteiger charge is 2.59. The van der Waals surface area contributed by atoms with Crippen LogP contribution in [0.25, 0.3) is 0 Å². The van der Waals surface area contributed by atoms with Gasteiger partial charge in [0.1, 0.15) is 11.9 Å². The molecule has 0 heterocycles. The van der Waals surface area contributed by atoms with E-state index in [2.05, 4.69) is 13.5 Å². The molecule has 3 heteroatoms. The van der Waals surface area contributed by atoms with Gasteiger partial charge in [0.15, 0.2) is 0 Å². The number of hydrogen-bond acceptors (Lipinski definition) is 3. The van der Waals surface area contributed by atoms with Crippen LogP contribution in [0.15, 0.2) is 12.2 Å². The summed E-state index contributed by atoms with van der Waals surface area (Å²) in [5, 5.41) is 0. The summed E-state index contributed by atoms with van der Waals surface area (Å²) >= 11 is 0. The smallest absolute Gasteiger partial charge is 0.333 e. The van der Waals surface area contributed by atoms with Gasteiger partial charge in [0.25, 0.3) is 0 Å². The minimum absolute atomic E-state index is 0.0513. The summed E-state index contributed by atoms with van der Waals surface area (Å²) in [5.74, 6) is 0.980. The zero-order valence-electron chi connectivity index (χ0n) is 11.1. The first-order valence-electron chi connectivity index (χ1n) is 6.81. The number of carbonyl (C=O) groups excluding carboxylic acids is 2. The van der Waals surface area contributed by atoms with E-state index in [9.17, 15) is 9.59 Å². The van der Waals surface area contributed by atoms with Gasteiger partial charge < -0.3 is 4.74 Å². The Kier molecular flexibility index (Phi) is 2.45. The number of rotatable bonds is 2. The molecule has 18 heavy (non-hydrogen) atoms. The molecule has 0 spiro atoms. The summed E-state index contributed by atoms with van der Waals surface area (Å²) in [5.41, 5.74) is 0.283. The second-order valence-corrected chi connectivity index (χ2v) is 6.69. The van der Waals surface area contributed by atoms with Gasteiger partial charge in [-0.15, -0.1) is 0 Å². The number of esters is 1. The predicted octanol–water partition coefficient (Wildman–Crippen LogP) is 2.50. The van der Waals surface area contributed by atoms with Crippen LogP contribution < -0.4 is 0 Å². The third kappa shape index (κ3) is 1.56. The highest BCUT2D eigenvalue weighted by molar-refractivity contribution is 5.91. The minimum Gasteiger partial charge on any atom is -0.458 e. The SMILES string of the molecule is C=C(C)C(=O)OC1C2CC3CC1C(=O)C(C)(C3)C2. The van der Waals surface area contributed by atoms with Gasteiger partial charge in [0.05, 0.1) is 5.92 Å². The standard InChI is InChI=1S/C15H20O3/c1-8(2)14(17)18-12-10-4-9-5-11(12)13(16)15(3,6-9)7-10/h9-12H,1,4-7H2,2-3H3. The van der Waals surface area contributed by atoms with Crippen molar-refractivity contribution in [3.8, 4) is 0 Å². The molecule has 4 bridgehead atoms. The van der Waals surface area contributed by atoms with E-state index in [1.807, 2.05) is 0 Å². The summed E-state index contributed by atoms with van der Waals surface area (Å²) < 4.78 is 5.54. The highest BCUT2D eigenvalue weighted by Crippen LogP contribution is 2.58. The van der Waals surface area contributed by atoms with Crippen molar-refractivity contribution in [1.82, 2.24) is 0 Å². The molecule has 0 N–H and O–H groups in total. The van der Waals surface area contributed by atoms with Gasteiger partial charge in [-0.25, -0.2) is 4.79 Å². The molecule has 4 rings (SSSR count). The van der Waals surface area contributed by atoms with Gasteiger partial charge in [-0.05, 0) is 44.4 Å². The van der Waals surface area contributed by atoms with Crippen LogP contribution in [0.1, 0.15) is 39.5 Å². The number of ketones is 1. The molecule has 3 nitrogen and oxygen atoms in total. The first kappa shape index (κ1) is 11.9. The fraction of sp³-hybridized carbons (Fsp3) is 0.733. The maximum atomic E-state index is 12.4. The van der Waals surface area contributed by atoms with E-state index in [0.29, 0.717) is 23.2 Å². The van der Waals surface area contributed by atoms with E-state index >= 15 is 0 Å². The van der Waals surface area contributed by atoms with Gasteiger partial charge in [-0.2, -0.15) is 0 Å². The van der Waals surface area contributed by atoms with E-state index in [1.54, 1.807) is 6.92 Å². The van der Waals surface area contributed by atoms with E-state index in [1.165, 1.54) is 0 Å². The number of Topliss-reactive ketones (excluding diaryl/α,β-unsaturated/α-hetero) is 1. The fourth-order valence-electron chi connectivity index (χ4n) is 4.45. The van der Waals surface area contributed by atoms with E-state index < -0.39 is 0 Å². The Hall–Kier alpha value is -1.12. The Labute approximate surface area is 108 Å². The van der Waals surface area contributed by atoms with Gasteiger partial charge >= 0.3 is 5.97 Å². The summed E-state index contributed by atoms with van der Waals surface area (Å²) in [6.45, 7) is 7.36. The second-order valence-electron chi connectivity index (χ2n) is 6.69. The lowest BCUT2D eigenvalue weighted by Gasteiger charge is -2.56. The van der Waals surface area contributed by atoms with E-state index in [4.69, 9.17) is 4.74 Å². The van der Waals surface area contributed by atoms with Crippen molar-refractivity contribution < 1.29 is 14.3 Å². The highest BCUT2D eigenvalue weighted by atomic mass is 16.5. The maximum absolute atomic E-state index is 12.4. The van der Waals surface area contributed by atoms with Crippen molar-refractivity contribution in [2.75, 3.05) is 0 Å². The average Bonchev–Trinajstić information content (AvgIpc) is 2.28. The zero-order valence-corrected chi connectivity index (χ0v) is 11.1. The number of hydrogen-bond donors (Lipinski definition) is 0. The molecule has 0 aromatic rings. The topological polar surface area (TPSA) is 43.4 Å². The molecule has 4 saturated carbocycles. The lowest BCUT2D eigenvalue weighted by molar-refractivity contribution is -0.181. The first-order valence-corrected chi connectivity index (χ1v) is 6.81. The summed E-state index contributed by atoms with van der Waals surface area (Å²) in [6.07, 6.45) is 3.78. The molecule has 98 valence electrons. The second kappa shape index (κ2) is 3.69. The van der Waals surface area contributed by atoms with E-state index in [-0.39, 0.29) is 23.4 Å². The van der Waals surface area contributed by atoms with Crippen molar-refractivity contribution in [2.24, 2.45) is 23.2 Å². The largest absolute Gasteiger partial charge is 0.458 e. The molecule has 5 unspecified atom stereocenters. The molecule has 4 aliphatic rings. The predicted molar refractivity (Wildman–Crippen MR) is 66.7 cm³/mol. The molecule has 0 amide bonds. The van der Waals surface area contributed by atoms with Crippen LogP contribution in [0, 0.1) is 23.2 Å². The Balaban J connectivity index is 1.84. The molecule has 5 atom stereocenters. The van der Waals surface area contributed by atoms with Crippen LogP contribution in [0.5, 0.6) is 0 Å². The van der Waals surface area contributed by atoms with Crippen LogP contribution >= 0.6 is 0 Å². The molecule has 0 aromatic carbocycles. The summed E-state index contributed by atoms with van der Waals surface area (Å²) in [6, 6.07) is 0. The Morgan fingerprint density at radius 1 is 1.39 bits per heavy atom. The molecule has 0 radical (unpaired) electrons. The maximum Gasteiger partial charge on any atom is 0.333 e. The van der Waals surface area contributed by atoms with Crippen molar-refractivity contribution in [3.05, 3.63) is 12.2 Å². The number of carbonyl (C=O) groups is 2. The Bertz CT molecular complexity index is 439. The quantitative estimate of drug-likeness (QED) is 0.557. The molecular weight excluding hydrogens is 228 g/mol. The van der Waals surface area contributed by atoms with Crippen LogP contribution in [-0.2, 0) is 14.3 Å². The van der Waals surface area contributed by atoms with Crippen molar-refractivity contribution in [2.45, 2.75) is 45.6 Å². The van der Waals surface area contributed by atoms with Gasteiger partial charge in [0, 0.05) is 11.0 Å². The van der Waals surface area contributed by atoms with Crippen LogP contribution in [0.3, 0.4) is 0 Å². The minimum atomic E-state index is -0.342. The molecule has 0 aliphatic heterocycles. The Morgan fingerprint density at radius 3 is 2.78 bits per heavy atom. The summed E-state index contributed by atoms with van der Waals surface area (Å²) in [4.78, 5) is 24.1. The monoisotopic (exact) mass is 248 g/mol. The molecule has 0 saturated heterocycles.